The van der Waals surface area contributed by atoms with Crippen LogP contribution >= 0.6 is 0 Å². The normalized spacial score (nSPS) is 12.2. The van der Waals surface area contributed by atoms with E-state index in [-0.39, 0.29) is 23.1 Å². The topological polar surface area (TPSA) is 155 Å². The highest BCUT2D eigenvalue weighted by atomic mass is 32.2. The molecular weight excluding hydrogens is 534 g/mol. The molecule has 0 saturated carbocycles. The molecule has 0 aliphatic carbocycles. The maximum absolute atomic E-state index is 13.0. The summed E-state index contributed by atoms with van der Waals surface area (Å²) in [5, 5.41) is 15.4. The number of hydrogen-bond acceptors (Lipinski definition) is 6. The lowest BCUT2D eigenvalue weighted by molar-refractivity contribution is -0.141. The van der Waals surface area contributed by atoms with Crippen molar-refractivity contribution in [2.24, 2.45) is 5.92 Å². The predicted octanol–water partition coefficient (Wildman–Crippen LogP) is 5.01. The highest BCUT2D eigenvalue weighted by molar-refractivity contribution is 7.89. The summed E-state index contributed by atoms with van der Waals surface area (Å²) in [6, 6.07) is 18.4. The standard InChI is InChI=1S/C29H29N3O7S/c1-4-19(29(35)36)16-30-40(37,38)23-14-10-21(11-15-23)20-8-12-22(13-9-20)32-28(34)27-17(2)26-24(31-18(3)33)6-5-7-25(26)39-27/h5-15,19,30H,4,16H2,1-3H3,(H,31,33)(H,32,34)(H,35,36). The van der Waals surface area contributed by atoms with Crippen molar-refractivity contribution >= 4 is 50.2 Å². The number of rotatable bonds is 10. The molecule has 0 spiro atoms. The number of anilines is 2. The number of aryl methyl sites for hydroxylation is 1. The second-order valence-electron chi connectivity index (χ2n) is 9.27. The van der Waals surface area contributed by atoms with E-state index < -0.39 is 27.8 Å². The molecule has 2 amide bonds. The summed E-state index contributed by atoms with van der Waals surface area (Å²) >= 11 is 0. The molecule has 4 aromatic rings. The van der Waals surface area contributed by atoms with Crippen LogP contribution in [0.15, 0.2) is 76.0 Å². The molecular formula is C29H29N3O7S. The van der Waals surface area contributed by atoms with Crippen LogP contribution < -0.4 is 15.4 Å². The van der Waals surface area contributed by atoms with Gasteiger partial charge in [0, 0.05) is 30.1 Å². The Morgan fingerprint density at radius 1 is 0.925 bits per heavy atom. The molecule has 0 aliphatic heterocycles. The number of carboxylic acid groups (broad SMARTS) is 1. The van der Waals surface area contributed by atoms with Crippen molar-refractivity contribution in [3.05, 3.63) is 78.1 Å². The van der Waals surface area contributed by atoms with Crippen LogP contribution in [0.2, 0.25) is 0 Å². The van der Waals surface area contributed by atoms with Gasteiger partial charge in [-0.1, -0.05) is 37.3 Å². The number of aliphatic carboxylic acids is 1. The van der Waals surface area contributed by atoms with E-state index in [4.69, 9.17) is 9.52 Å². The third kappa shape index (κ3) is 6.22. The lowest BCUT2D eigenvalue weighted by Crippen LogP contribution is -2.32. The van der Waals surface area contributed by atoms with E-state index in [1.165, 1.54) is 19.1 Å². The maximum Gasteiger partial charge on any atom is 0.307 e. The summed E-state index contributed by atoms with van der Waals surface area (Å²) < 4.78 is 33.3. The average Bonchev–Trinajstić information content (AvgIpc) is 3.26. The van der Waals surface area contributed by atoms with Gasteiger partial charge in [0.2, 0.25) is 15.9 Å². The molecule has 4 N–H and O–H groups in total. The lowest BCUT2D eigenvalue weighted by atomic mass is 10.1. The van der Waals surface area contributed by atoms with Crippen molar-refractivity contribution in [1.82, 2.24) is 4.72 Å². The number of hydrogen-bond donors (Lipinski definition) is 4. The van der Waals surface area contributed by atoms with Crippen molar-refractivity contribution < 1.29 is 32.3 Å². The number of carboxylic acids is 1. The minimum atomic E-state index is -3.86. The zero-order valence-electron chi connectivity index (χ0n) is 22.1. The second-order valence-corrected chi connectivity index (χ2v) is 11.0. The van der Waals surface area contributed by atoms with Crippen LogP contribution in [0.1, 0.15) is 36.4 Å². The number of nitrogens with one attached hydrogen (secondary N) is 3. The average molecular weight is 564 g/mol. The number of sulfonamides is 1. The Balaban J connectivity index is 1.46. The molecule has 10 nitrogen and oxygen atoms in total. The highest BCUT2D eigenvalue weighted by Gasteiger charge is 2.21. The number of carbonyl (C=O) groups is 3. The molecule has 4 rings (SSSR count). The van der Waals surface area contributed by atoms with Gasteiger partial charge in [0.15, 0.2) is 5.76 Å². The smallest absolute Gasteiger partial charge is 0.307 e. The van der Waals surface area contributed by atoms with E-state index in [9.17, 15) is 22.8 Å². The van der Waals surface area contributed by atoms with E-state index in [0.717, 1.165) is 11.1 Å². The molecule has 1 aromatic heterocycles. The summed E-state index contributed by atoms with van der Waals surface area (Å²) in [5.74, 6) is -2.39. The summed E-state index contributed by atoms with van der Waals surface area (Å²) in [6.45, 7) is 4.66. The van der Waals surface area contributed by atoms with Gasteiger partial charge in [0.05, 0.1) is 16.5 Å². The molecule has 3 aromatic carbocycles. The third-order valence-electron chi connectivity index (χ3n) is 6.47. The summed E-state index contributed by atoms with van der Waals surface area (Å²) in [4.78, 5) is 35.7. The SMILES string of the molecule is CCC(CNS(=O)(=O)c1ccc(-c2ccc(NC(=O)c3oc4cccc(NC(C)=O)c4c3C)cc2)cc1)C(=O)O. The van der Waals surface area contributed by atoms with Gasteiger partial charge >= 0.3 is 5.97 Å². The Kier molecular flexibility index (Phi) is 8.36. The van der Waals surface area contributed by atoms with Gasteiger partial charge in [-0.15, -0.1) is 0 Å². The molecule has 11 heteroatoms. The van der Waals surface area contributed by atoms with Gasteiger partial charge < -0.3 is 20.2 Å². The Bertz CT molecular complexity index is 1680. The van der Waals surface area contributed by atoms with Crippen LogP contribution in [0.3, 0.4) is 0 Å². The maximum atomic E-state index is 13.0. The third-order valence-corrected chi connectivity index (χ3v) is 7.91. The fourth-order valence-electron chi connectivity index (χ4n) is 4.27. The Labute approximate surface area is 231 Å². The van der Waals surface area contributed by atoms with Crippen molar-refractivity contribution in [2.45, 2.75) is 32.1 Å². The minimum absolute atomic E-state index is 0.0308. The van der Waals surface area contributed by atoms with Crippen molar-refractivity contribution in [3.63, 3.8) is 0 Å². The molecule has 0 aliphatic rings. The summed E-state index contributed by atoms with van der Waals surface area (Å²) in [6.07, 6.45) is 0.310. The van der Waals surface area contributed by atoms with Crippen LogP contribution in [-0.2, 0) is 19.6 Å². The second kappa shape index (κ2) is 11.7. The first-order valence-corrected chi connectivity index (χ1v) is 14.0. The predicted molar refractivity (Wildman–Crippen MR) is 152 cm³/mol. The van der Waals surface area contributed by atoms with Crippen molar-refractivity contribution in [1.29, 1.82) is 0 Å². The number of furan rings is 1. The van der Waals surface area contributed by atoms with Gasteiger partial charge in [-0.05, 0) is 60.9 Å². The van der Waals surface area contributed by atoms with E-state index in [1.807, 2.05) is 0 Å². The fraction of sp³-hybridized carbons (Fsp3) is 0.207. The zero-order chi connectivity index (χ0) is 29.0. The number of fused-ring (bicyclic) bond motifs is 1. The Morgan fingerprint density at radius 3 is 2.12 bits per heavy atom. The summed E-state index contributed by atoms with van der Waals surface area (Å²) in [5.41, 5.74) is 3.74. The number of benzene rings is 3. The molecule has 0 saturated heterocycles. The van der Waals surface area contributed by atoms with Gasteiger partial charge in [0.1, 0.15) is 5.58 Å². The van der Waals surface area contributed by atoms with E-state index >= 15 is 0 Å². The van der Waals surface area contributed by atoms with Crippen LogP contribution in [-0.4, -0.2) is 37.9 Å². The largest absolute Gasteiger partial charge is 0.481 e. The van der Waals surface area contributed by atoms with Gasteiger partial charge in [-0.3, -0.25) is 14.4 Å². The molecule has 40 heavy (non-hydrogen) atoms. The Hall–Kier alpha value is -4.48. The number of amides is 2. The molecule has 0 bridgehead atoms. The Morgan fingerprint density at radius 2 is 1.55 bits per heavy atom. The van der Waals surface area contributed by atoms with Crippen molar-refractivity contribution in [3.8, 4) is 11.1 Å². The van der Waals surface area contributed by atoms with Crippen LogP contribution in [0.5, 0.6) is 0 Å². The quantitative estimate of drug-likeness (QED) is 0.211. The van der Waals surface area contributed by atoms with E-state index in [1.54, 1.807) is 68.4 Å². The van der Waals surface area contributed by atoms with Crippen LogP contribution in [0.4, 0.5) is 11.4 Å². The monoisotopic (exact) mass is 563 g/mol. The fourth-order valence-corrected chi connectivity index (χ4v) is 5.36. The molecule has 1 heterocycles. The van der Waals surface area contributed by atoms with Crippen LogP contribution in [0.25, 0.3) is 22.1 Å². The van der Waals surface area contributed by atoms with Crippen molar-refractivity contribution in [2.75, 3.05) is 17.2 Å². The van der Waals surface area contributed by atoms with E-state index in [2.05, 4.69) is 15.4 Å². The molecule has 208 valence electrons. The first-order chi connectivity index (χ1) is 19.0. The minimum Gasteiger partial charge on any atom is -0.481 e. The number of carbonyl (C=O) groups excluding carboxylic acids is 2. The van der Waals surface area contributed by atoms with Gasteiger partial charge in [-0.25, -0.2) is 13.1 Å². The molecule has 0 fully saturated rings. The first-order valence-electron chi connectivity index (χ1n) is 12.5. The molecule has 1 unspecified atom stereocenters. The van der Waals surface area contributed by atoms with Gasteiger partial charge in [-0.2, -0.15) is 0 Å². The zero-order valence-corrected chi connectivity index (χ0v) is 23.0. The van der Waals surface area contributed by atoms with E-state index in [0.29, 0.717) is 34.3 Å². The highest BCUT2D eigenvalue weighted by Crippen LogP contribution is 2.32. The van der Waals surface area contributed by atoms with Crippen LogP contribution in [0, 0.1) is 12.8 Å². The molecule has 0 radical (unpaired) electrons. The van der Waals surface area contributed by atoms with Gasteiger partial charge in [0.25, 0.3) is 5.91 Å². The molecule has 1 atom stereocenters. The first kappa shape index (κ1) is 28.5. The summed E-state index contributed by atoms with van der Waals surface area (Å²) in [7, 11) is -3.86. The lowest BCUT2D eigenvalue weighted by Gasteiger charge is -2.12.